The Bertz CT molecular complexity index is 592. The molecule has 2 N–H and O–H groups in total. The van der Waals surface area contributed by atoms with E-state index >= 15 is 0 Å². The number of hydrogen-bond donors (Lipinski definition) is 2. The van der Waals surface area contributed by atoms with E-state index in [1.54, 1.807) is 20.9 Å². The summed E-state index contributed by atoms with van der Waals surface area (Å²) in [5.74, 6) is 1.71. The van der Waals surface area contributed by atoms with E-state index in [-0.39, 0.29) is 6.04 Å². The van der Waals surface area contributed by atoms with E-state index in [4.69, 9.17) is 4.42 Å². The normalized spacial score (nSPS) is 23.4. The SMILES string of the molecule is CNCc1c(C)oc(C)c1S(=O)(=O)NC1CCCC(C)C1. The molecule has 21 heavy (non-hydrogen) atoms. The van der Waals surface area contributed by atoms with E-state index in [0.29, 0.717) is 28.9 Å². The van der Waals surface area contributed by atoms with Gasteiger partial charge in [0.15, 0.2) is 0 Å². The average molecular weight is 314 g/mol. The third-order valence-corrected chi connectivity index (χ3v) is 5.92. The second-order valence-corrected chi connectivity index (χ2v) is 7.79. The molecule has 0 bridgehead atoms. The maximum atomic E-state index is 12.7. The number of hydrogen-bond acceptors (Lipinski definition) is 4. The van der Waals surface area contributed by atoms with Crippen molar-refractivity contribution in [1.82, 2.24) is 10.0 Å². The second-order valence-electron chi connectivity index (χ2n) is 6.14. The zero-order valence-electron chi connectivity index (χ0n) is 13.3. The van der Waals surface area contributed by atoms with Gasteiger partial charge in [-0.3, -0.25) is 0 Å². The van der Waals surface area contributed by atoms with Crippen LogP contribution in [-0.2, 0) is 16.6 Å². The summed E-state index contributed by atoms with van der Waals surface area (Å²) in [6.45, 7) is 6.19. The van der Waals surface area contributed by atoms with Crippen molar-refractivity contribution >= 4 is 10.0 Å². The fourth-order valence-electron chi connectivity index (χ4n) is 3.26. The van der Waals surface area contributed by atoms with Crippen LogP contribution in [0.4, 0.5) is 0 Å². The van der Waals surface area contributed by atoms with Gasteiger partial charge >= 0.3 is 0 Å². The highest BCUT2D eigenvalue weighted by molar-refractivity contribution is 7.89. The summed E-state index contributed by atoms with van der Waals surface area (Å²) in [6, 6.07) is 0.0378. The molecule has 1 aliphatic carbocycles. The van der Waals surface area contributed by atoms with Crippen LogP contribution in [0.2, 0.25) is 0 Å². The number of rotatable bonds is 5. The minimum absolute atomic E-state index is 0.0378. The first-order valence-corrected chi connectivity index (χ1v) is 9.09. The maximum Gasteiger partial charge on any atom is 0.244 e. The van der Waals surface area contributed by atoms with Gasteiger partial charge in [-0.05, 0) is 39.7 Å². The molecule has 120 valence electrons. The van der Waals surface area contributed by atoms with Crippen LogP contribution in [0.15, 0.2) is 9.31 Å². The van der Waals surface area contributed by atoms with Crippen molar-refractivity contribution in [3.8, 4) is 0 Å². The largest absolute Gasteiger partial charge is 0.465 e. The van der Waals surface area contributed by atoms with Crippen LogP contribution in [0.5, 0.6) is 0 Å². The van der Waals surface area contributed by atoms with Crippen LogP contribution in [0, 0.1) is 19.8 Å². The summed E-state index contributed by atoms with van der Waals surface area (Å²) >= 11 is 0. The van der Waals surface area contributed by atoms with E-state index in [2.05, 4.69) is 17.0 Å². The van der Waals surface area contributed by atoms with Crippen molar-refractivity contribution in [2.45, 2.75) is 63.9 Å². The Kier molecular flexibility index (Phi) is 5.11. The lowest BCUT2D eigenvalue weighted by Gasteiger charge is -2.27. The quantitative estimate of drug-likeness (QED) is 0.876. The lowest BCUT2D eigenvalue weighted by atomic mass is 9.88. The molecule has 0 aliphatic heterocycles. The van der Waals surface area contributed by atoms with Crippen molar-refractivity contribution in [3.05, 3.63) is 17.1 Å². The van der Waals surface area contributed by atoms with Crippen LogP contribution in [0.1, 0.15) is 49.7 Å². The molecule has 1 fully saturated rings. The average Bonchev–Trinajstić information content (AvgIpc) is 2.64. The minimum atomic E-state index is -3.53. The smallest absolute Gasteiger partial charge is 0.244 e. The van der Waals surface area contributed by atoms with Gasteiger partial charge in [0.25, 0.3) is 0 Å². The van der Waals surface area contributed by atoms with E-state index in [0.717, 1.165) is 24.8 Å². The van der Waals surface area contributed by atoms with Gasteiger partial charge in [-0.1, -0.05) is 19.8 Å². The summed E-state index contributed by atoms with van der Waals surface area (Å²) in [4.78, 5) is 0.313. The molecule has 1 heterocycles. The van der Waals surface area contributed by atoms with Crippen LogP contribution in [-0.4, -0.2) is 21.5 Å². The van der Waals surface area contributed by atoms with Gasteiger partial charge in [0.2, 0.25) is 10.0 Å². The Balaban J connectivity index is 2.27. The van der Waals surface area contributed by atoms with Gasteiger partial charge in [0.05, 0.1) is 0 Å². The zero-order chi connectivity index (χ0) is 15.6. The summed E-state index contributed by atoms with van der Waals surface area (Å²) in [6.07, 6.45) is 4.10. The van der Waals surface area contributed by atoms with Crippen LogP contribution >= 0.6 is 0 Å². The molecular formula is C15H26N2O3S. The molecule has 0 radical (unpaired) electrons. The van der Waals surface area contributed by atoms with Crippen molar-refractivity contribution in [3.63, 3.8) is 0 Å². The van der Waals surface area contributed by atoms with Gasteiger partial charge in [0, 0.05) is 18.2 Å². The van der Waals surface area contributed by atoms with Crippen molar-refractivity contribution in [1.29, 1.82) is 0 Å². The fraction of sp³-hybridized carbons (Fsp3) is 0.733. The summed E-state index contributed by atoms with van der Waals surface area (Å²) in [7, 11) is -1.73. The molecule has 1 aliphatic rings. The zero-order valence-corrected chi connectivity index (χ0v) is 14.1. The first-order valence-electron chi connectivity index (χ1n) is 7.61. The van der Waals surface area contributed by atoms with Gasteiger partial charge in [0.1, 0.15) is 16.4 Å². The molecule has 0 amide bonds. The third kappa shape index (κ3) is 3.67. The van der Waals surface area contributed by atoms with Crippen molar-refractivity contribution < 1.29 is 12.8 Å². The Morgan fingerprint density at radius 3 is 2.57 bits per heavy atom. The molecule has 5 nitrogen and oxygen atoms in total. The molecule has 0 spiro atoms. The molecule has 2 rings (SSSR count). The van der Waals surface area contributed by atoms with Crippen LogP contribution in [0.25, 0.3) is 0 Å². The van der Waals surface area contributed by atoms with Gasteiger partial charge in [-0.2, -0.15) is 0 Å². The van der Waals surface area contributed by atoms with E-state index in [1.807, 2.05) is 0 Å². The summed E-state index contributed by atoms with van der Waals surface area (Å²) in [5, 5.41) is 3.01. The fourth-order valence-corrected chi connectivity index (χ4v) is 4.99. The van der Waals surface area contributed by atoms with Crippen LogP contribution < -0.4 is 10.0 Å². The first-order chi connectivity index (χ1) is 9.85. The molecule has 6 heteroatoms. The Labute approximate surface area is 127 Å². The molecule has 1 aromatic heterocycles. The second kappa shape index (κ2) is 6.50. The summed E-state index contributed by atoms with van der Waals surface area (Å²) in [5.41, 5.74) is 0.728. The van der Waals surface area contributed by atoms with E-state index < -0.39 is 10.0 Å². The first kappa shape index (κ1) is 16.5. The van der Waals surface area contributed by atoms with Crippen molar-refractivity contribution in [2.75, 3.05) is 7.05 Å². The highest BCUT2D eigenvalue weighted by Gasteiger charge is 2.30. The van der Waals surface area contributed by atoms with Gasteiger partial charge in [-0.15, -0.1) is 0 Å². The number of sulfonamides is 1. The molecule has 0 aromatic carbocycles. The molecule has 2 atom stereocenters. The monoisotopic (exact) mass is 314 g/mol. The minimum Gasteiger partial charge on any atom is -0.465 e. The highest BCUT2D eigenvalue weighted by Crippen LogP contribution is 2.29. The third-order valence-electron chi connectivity index (χ3n) is 4.21. The maximum absolute atomic E-state index is 12.7. The predicted octanol–water partition coefficient (Wildman–Crippen LogP) is 2.47. The van der Waals surface area contributed by atoms with E-state index in [9.17, 15) is 8.42 Å². The molecule has 1 saturated carbocycles. The topological polar surface area (TPSA) is 71.3 Å². The van der Waals surface area contributed by atoms with Crippen molar-refractivity contribution in [2.24, 2.45) is 5.92 Å². The number of furan rings is 1. The predicted molar refractivity (Wildman–Crippen MR) is 82.7 cm³/mol. The van der Waals surface area contributed by atoms with Gasteiger partial charge in [-0.25, -0.2) is 13.1 Å². The molecule has 0 saturated heterocycles. The summed E-state index contributed by atoms with van der Waals surface area (Å²) < 4.78 is 33.9. The standard InChI is InChI=1S/C15H26N2O3S/c1-10-6-5-7-13(8-10)17-21(18,19)15-12(3)20-11(2)14(15)9-16-4/h10,13,16-17H,5-9H2,1-4H3. The van der Waals surface area contributed by atoms with Crippen LogP contribution in [0.3, 0.4) is 0 Å². The highest BCUT2D eigenvalue weighted by atomic mass is 32.2. The number of nitrogens with one attached hydrogen (secondary N) is 2. The Hall–Kier alpha value is -0.850. The molecule has 1 aromatic rings. The lowest BCUT2D eigenvalue weighted by molar-refractivity contribution is 0.327. The Morgan fingerprint density at radius 1 is 1.24 bits per heavy atom. The lowest BCUT2D eigenvalue weighted by Crippen LogP contribution is -2.38. The van der Waals surface area contributed by atoms with Gasteiger partial charge < -0.3 is 9.73 Å². The van der Waals surface area contributed by atoms with E-state index in [1.165, 1.54) is 6.42 Å². The molecule has 2 unspecified atom stereocenters. The molecular weight excluding hydrogens is 288 g/mol. The number of aryl methyl sites for hydroxylation is 2. The Morgan fingerprint density at radius 2 is 1.95 bits per heavy atom.